The van der Waals surface area contributed by atoms with Gasteiger partial charge in [0.1, 0.15) is 0 Å². The molecule has 0 unspecified atom stereocenters. The van der Waals surface area contributed by atoms with E-state index in [1.54, 1.807) is 6.07 Å². The van der Waals surface area contributed by atoms with E-state index in [0.29, 0.717) is 28.1 Å². The predicted octanol–water partition coefficient (Wildman–Crippen LogP) is 4.17. The van der Waals surface area contributed by atoms with E-state index in [9.17, 15) is 0 Å². The highest BCUT2D eigenvalue weighted by Gasteiger charge is 2.36. The molecule has 1 aliphatic carbocycles. The minimum Gasteiger partial charge on any atom is -0.449 e. The highest BCUT2D eigenvalue weighted by molar-refractivity contribution is 6.35. The van der Waals surface area contributed by atoms with Crippen LogP contribution in [0.15, 0.2) is 27.1 Å². The lowest BCUT2D eigenvalue weighted by atomic mass is 9.99. The zero-order chi connectivity index (χ0) is 15.3. The summed E-state index contributed by atoms with van der Waals surface area (Å²) < 4.78 is 11.3. The summed E-state index contributed by atoms with van der Waals surface area (Å²) in [5, 5.41) is 5.59. The van der Waals surface area contributed by atoms with Gasteiger partial charge in [-0.15, -0.1) is 0 Å². The van der Waals surface area contributed by atoms with Gasteiger partial charge in [0.25, 0.3) is 5.89 Å². The first kappa shape index (κ1) is 13.8. The lowest BCUT2D eigenvalue weighted by molar-refractivity contribution is 0.369. The first-order valence-corrected chi connectivity index (χ1v) is 7.77. The summed E-state index contributed by atoms with van der Waals surface area (Å²) in [6.07, 6.45) is 3.97. The summed E-state index contributed by atoms with van der Waals surface area (Å²) in [7, 11) is 0. The minimum atomic E-state index is -0.473. The molecular formula is C16H16ClN3O2. The van der Waals surface area contributed by atoms with Crippen molar-refractivity contribution in [3.8, 4) is 11.7 Å². The van der Waals surface area contributed by atoms with Gasteiger partial charge >= 0.3 is 0 Å². The Balaban J connectivity index is 1.81. The van der Waals surface area contributed by atoms with Crippen molar-refractivity contribution >= 4 is 22.6 Å². The lowest BCUT2D eigenvalue weighted by Crippen LogP contribution is -2.34. The number of nitrogens with two attached hydrogens (primary N) is 1. The quantitative estimate of drug-likeness (QED) is 0.767. The number of rotatable bonds is 2. The van der Waals surface area contributed by atoms with Crippen molar-refractivity contribution in [2.24, 2.45) is 5.73 Å². The summed E-state index contributed by atoms with van der Waals surface area (Å²) in [6, 6.07) is 5.65. The maximum Gasteiger partial charge on any atom is 0.294 e. The summed E-state index contributed by atoms with van der Waals surface area (Å²) in [5.41, 5.74) is 7.47. The van der Waals surface area contributed by atoms with Gasteiger partial charge in [-0.25, -0.2) is 0 Å². The van der Waals surface area contributed by atoms with Crippen LogP contribution >= 0.6 is 11.6 Å². The number of benzene rings is 1. The van der Waals surface area contributed by atoms with E-state index in [-0.39, 0.29) is 0 Å². The van der Waals surface area contributed by atoms with Gasteiger partial charge in [-0.2, -0.15) is 4.98 Å². The third-order valence-electron chi connectivity index (χ3n) is 4.48. The molecule has 2 heterocycles. The van der Waals surface area contributed by atoms with Crippen LogP contribution < -0.4 is 5.73 Å². The van der Waals surface area contributed by atoms with Gasteiger partial charge in [-0.1, -0.05) is 41.7 Å². The highest BCUT2D eigenvalue weighted by Crippen LogP contribution is 2.38. The number of fused-ring (bicyclic) bond motifs is 1. The Labute approximate surface area is 132 Å². The zero-order valence-corrected chi connectivity index (χ0v) is 13.0. The van der Waals surface area contributed by atoms with Crippen molar-refractivity contribution in [3.05, 3.63) is 34.6 Å². The second-order valence-corrected chi connectivity index (χ2v) is 6.37. The summed E-state index contributed by atoms with van der Waals surface area (Å²) >= 11 is 6.18. The van der Waals surface area contributed by atoms with Crippen LogP contribution in [-0.4, -0.2) is 10.1 Å². The lowest BCUT2D eigenvalue weighted by Gasteiger charge is -2.17. The number of para-hydroxylation sites is 1. The maximum absolute atomic E-state index is 6.37. The maximum atomic E-state index is 6.37. The van der Waals surface area contributed by atoms with Crippen LogP contribution in [-0.2, 0) is 5.54 Å². The first-order valence-electron chi connectivity index (χ1n) is 7.39. The second kappa shape index (κ2) is 4.83. The minimum absolute atomic E-state index is 0.358. The number of halogens is 1. The Morgan fingerprint density at radius 2 is 2.05 bits per heavy atom. The van der Waals surface area contributed by atoms with Crippen LogP contribution in [0.5, 0.6) is 0 Å². The Hall–Kier alpha value is -1.85. The fourth-order valence-corrected chi connectivity index (χ4v) is 3.37. The van der Waals surface area contributed by atoms with Gasteiger partial charge in [-0.05, 0) is 25.8 Å². The van der Waals surface area contributed by atoms with Crippen molar-refractivity contribution in [1.82, 2.24) is 10.1 Å². The highest BCUT2D eigenvalue weighted by atomic mass is 35.5. The summed E-state index contributed by atoms with van der Waals surface area (Å²) in [5.74, 6) is 1.48. The molecule has 6 heteroatoms. The second-order valence-electron chi connectivity index (χ2n) is 5.96. The largest absolute Gasteiger partial charge is 0.449 e. The molecule has 0 radical (unpaired) electrons. The smallest absolute Gasteiger partial charge is 0.294 e. The van der Waals surface area contributed by atoms with Crippen LogP contribution in [0.2, 0.25) is 5.02 Å². The van der Waals surface area contributed by atoms with Gasteiger partial charge in [0.2, 0.25) is 0 Å². The monoisotopic (exact) mass is 317 g/mol. The molecule has 0 spiro atoms. The summed E-state index contributed by atoms with van der Waals surface area (Å²) in [6.45, 7) is 1.95. The molecule has 2 N–H and O–H groups in total. The first-order chi connectivity index (χ1) is 10.6. The third-order valence-corrected chi connectivity index (χ3v) is 4.77. The fraction of sp³-hybridized carbons (Fsp3) is 0.375. The topological polar surface area (TPSA) is 78.1 Å². The third kappa shape index (κ3) is 1.96. The number of hydrogen-bond acceptors (Lipinski definition) is 5. The van der Waals surface area contributed by atoms with Crippen molar-refractivity contribution in [2.75, 3.05) is 0 Å². The SMILES string of the molecule is Cc1c(-c2nc(C3(N)CCCC3)no2)oc2c(Cl)cccc12. The average molecular weight is 318 g/mol. The van der Waals surface area contributed by atoms with E-state index < -0.39 is 5.54 Å². The molecule has 0 aliphatic heterocycles. The number of aromatic nitrogens is 2. The van der Waals surface area contributed by atoms with Gasteiger partial charge < -0.3 is 14.7 Å². The van der Waals surface area contributed by atoms with E-state index in [1.807, 2.05) is 19.1 Å². The predicted molar refractivity (Wildman–Crippen MR) is 83.6 cm³/mol. The Morgan fingerprint density at radius 3 is 2.77 bits per heavy atom. The molecule has 2 aromatic heterocycles. The van der Waals surface area contributed by atoms with Crippen LogP contribution in [0.25, 0.3) is 22.6 Å². The van der Waals surface area contributed by atoms with Crippen molar-refractivity contribution in [1.29, 1.82) is 0 Å². The van der Waals surface area contributed by atoms with Gasteiger partial charge in [0.05, 0.1) is 10.6 Å². The van der Waals surface area contributed by atoms with Gasteiger partial charge in [0.15, 0.2) is 17.2 Å². The van der Waals surface area contributed by atoms with Gasteiger partial charge in [0, 0.05) is 10.9 Å². The summed E-state index contributed by atoms with van der Waals surface area (Å²) in [4.78, 5) is 4.48. The number of aryl methyl sites for hydroxylation is 1. The number of hydrogen-bond donors (Lipinski definition) is 1. The molecule has 22 heavy (non-hydrogen) atoms. The Bertz CT molecular complexity index is 846. The molecule has 3 aromatic rings. The van der Waals surface area contributed by atoms with Crippen LogP contribution in [0.4, 0.5) is 0 Å². The van der Waals surface area contributed by atoms with Crippen LogP contribution in [0.1, 0.15) is 37.1 Å². The van der Waals surface area contributed by atoms with Crippen molar-refractivity contribution in [2.45, 2.75) is 38.1 Å². The van der Waals surface area contributed by atoms with Crippen molar-refractivity contribution in [3.63, 3.8) is 0 Å². The van der Waals surface area contributed by atoms with E-state index in [2.05, 4.69) is 10.1 Å². The Morgan fingerprint density at radius 1 is 1.27 bits per heavy atom. The fourth-order valence-electron chi connectivity index (χ4n) is 3.16. The molecule has 114 valence electrons. The molecule has 1 aliphatic rings. The molecule has 5 nitrogen and oxygen atoms in total. The molecule has 0 amide bonds. The molecule has 1 aromatic carbocycles. The average Bonchev–Trinajstić information content (AvgIpc) is 3.20. The Kier molecular flexibility index (Phi) is 3.03. The van der Waals surface area contributed by atoms with Crippen LogP contribution in [0.3, 0.4) is 0 Å². The zero-order valence-electron chi connectivity index (χ0n) is 12.2. The molecular weight excluding hydrogens is 302 g/mol. The normalized spacial score (nSPS) is 17.4. The molecule has 0 saturated heterocycles. The van der Waals surface area contributed by atoms with E-state index in [0.717, 1.165) is 36.6 Å². The molecule has 4 rings (SSSR count). The standard InChI is InChI=1S/C16H16ClN3O2/c1-9-10-5-4-6-11(17)13(10)21-12(9)14-19-15(20-22-14)16(18)7-2-3-8-16/h4-6H,2-3,7-8,18H2,1H3. The molecule has 1 saturated carbocycles. The van der Waals surface area contributed by atoms with Gasteiger partial charge in [-0.3, -0.25) is 0 Å². The number of furan rings is 1. The van der Waals surface area contributed by atoms with E-state index in [4.69, 9.17) is 26.3 Å². The molecule has 0 atom stereocenters. The molecule has 0 bridgehead atoms. The van der Waals surface area contributed by atoms with Crippen LogP contribution in [0, 0.1) is 6.92 Å². The van der Waals surface area contributed by atoms with E-state index >= 15 is 0 Å². The van der Waals surface area contributed by atoms with Crippen molar-refractivity contribution < 1.29 is 8.94 Å². The number of nitrogens with zero attached hydrogens (tertiary/aromatic N) is 2. The van der Waals surface area contributed by atoms with E-state index in [1.165, 1.54) is 0 Å². The molecule has 1 fully saturated rings.